The van der Waals surface area contributed by atoms with Gasteiger partial charge in [0.25, 0.3) is 0 Å². The Labute approximate surface area is 149 Å². The fourth-order valence-corrected chi connectivity index (χ4v) is 3.63. The summed E-state index contributed by atoms with van der Waals surface area (Å²) in [7, 11) is 0. The van der Waals surface area contributed by atoms with Crippen LogP contribution < -0.4 is 0 Å². The van der Waals surface area contributed by atoms with Gasteiger partial charge in [0.2, 0.25) is 0 Å². The smallest absolute Gasteiger partial charge is 0.166 e. The van der Waals surface area contributed by atoms with Crippen LogP contribution >= 0.6 is 22.6 Å². The van der Waals surface area contributed by atoms with E-state index in [9.17, 15) is 9.18 Å². The molecule has 0 aliphatic carbocycles. The third-order valence-electron chi connectivity index (χ3n) is 4.44. The van der Waals surface area contributed by atoms with Crippen molar-refractivity contribution in [1.29, 1.82) is 0 Å². The highest BCUT2D eigenvalue weighted by Crippen LogP contribution is 2.24. The molecule has 0 bridgehead atoms. The monoisotopic (exact) mass is 423 g/mol. The van der Waals surface area contributed by atoms with Crippen molar-refractivity contribution in [3.05, 3.63) is 69.0 Å². The average Bonchev–Trinajstić information content (AvgIpc) is 2.58. The molecule has 2 aromatic carbocycles. The molecule has 0 saturated carbocycles. The minimum Gasteiger partial charge on any atom is -0.299 e. The molecule has 0 atom stereocenters. The van der Waals surface area contributed by atoms with Gasteiger partial charge in [-0.05, 0) is 84.4 Å². The van der Waals surface area contributed by atoms with Crippen molar-refractivity contribution in [1.82, 2.24) is 4.90 Å². The maximum Gasteiger partial charge on any atom is 0.166 e. The largest absolute Gasteiger partial charge is 0.299 e. The Balaban J connectivity index is 1.57. The third-order valence-corrected chi connectivity index (χ3v) is 5.49. The highest BCUT2D eigenvalue weighted by molar-refractivity contribution is 14.1. The van der Waals surface area contributed by atoms with Gasteiger partial charge in [-0.15, -0.1) is 0 Å². The van der Waals surface area contributed by atoms with Gasteiger partial charge in [0.1, 0.15) is 5.82 Å². The maximum atomic E-state index is 13.0. The van der Waals surface area contributed by atoms with Gasteiger partial charge in [0.05, 0.1) is 0 Å². The first-order valence-corrected chi connectivity index (χ1v) is 8.97. The average molecular weight is 423 g/mol. The van der Waals surface area contributed by atoms with Crippen LogP contribution in [0.15, 0.2) is 48.5 Å². The molecule has 1 fully saturated rings. The number of carbonyl (C=O) groups is 1. The molecule has 1 aliphatic heterocycles. The Morgan fingerprint density at radius 3 is 2.39 bits per heavy atom. The van der Waals surface area contributed by atoms with Gasteiger partial charge < -0.3 is 0 Å². The first kappa shape index (κ1) is 16.6. The van der Waals surface area contributed by atoms with Crippen LogP contribution in [0.4, 0.5) is 4.39 Å². The SMILES string of the molecule is O=C(c1ccc(F)cc1)C1CCN(Cc2ccccc2I)CC1. The first-order valence-electron chi connectivity index (χ1n) is 7.89. The van der Waals surface area contributed by atoms with Gasteiger partial charge in [-0.3, -0.25) is 9.69 Å². The number of rotatable bonds is 4. The number of ketones is 1. The molecular weight excluding hydrogens is 404 g/mol. The molecule has 2 nitrogen and oxygen atoms in total. The number of likely N-dealkylation sites (tertiary alicyclic amines) is 1. The molecule has 3 rings (SSSR count). The molecule has 0 aromatic heterocycles. The standard InChI is InChI=1S/C19H19FINO/c20-17-7-5-14(6-8-17)19(23)15-9-11-22(12-10-15)13-16-3-1-2-4-18(16)21/h1-8,15H,9-13H2. The molecule has 4 heteroatoms. The summed E-state index contributed by atoms with van der Waals surface area (Å²) in [4.78, 5) is 14.9. The van der Waals surface area contributed by atoms with Crippen molar-refractivity contribution in [2.45, 2.75) is 19.4 Å². The second-order valence-corrected chi connectivity index (χ2v) is 7.18. The van der Waals surface area contributed by atoms with Crippen LogP contribution in [0.5, 0.6) is 0 Å². The van der Waals surface area contributed by atoms with E-state index in [1.165, 1.54) is 21.3 Å². The molecule has 1 aliphatic rings. The molecule has 2 aromatic rings. The second kappa shape index (κ2) is 7.53. The Hall–Kier alpha value is -1.27. The summed E-state index contributed by atoms with van der Waals surface area (Å²) in [6, 6.07) is 14.3. The molecule has 23 heavy (non-hydrogen) atoms. The maximum absolute atomic E-state index is 13.0. The minimum atomic E-state index is -0.297. The summed E-state index contributed by atoms with van der Waals surface area (Å²) in [6.07, 6.45) is 1.75. The lowest BCUT2D eigenvalue weighted by molar-refractivity contribution is 0.0834. The van der Waals surface area contributed by atoms with Gasteiger partial charge >= 0.3 is 0 Å². The fraction of sp³-hybridized carbons (Fsp3) is 0.316. The van der Waals surface area contributed by atoms with Gasteiger partial charge in [-0.25, -0.2) is 4.39 Å². The van der Waals surface area contributed by atoms with Crippen LogP contribution in [-0.2, 0) is 6.54 Å². The van der Waals surface area contributed by atoms with Crippen LogP contribution in [0.1, 0.15) is 28.8 Å². The van der Waals surface area contributed by atoms with E-state index in [4.69, 9.17) is 0 Å². The third kappa shape index (κ3) is 4.18. The number of Topliss-reactive ketones (excluding diaryl/α,β-unsaturated/α-hetero) is 1. The van der Waals surface area contributed by atoms with Crippen molar-refractivity contribution < 1.29 is 9.18 Å². The van der Waals surface area contributed by atoms with E-state index < -0.39 is 0 Å². The van der Waals surface area contributed by atoms with Crippen LogP contribution in [-0.4, -0.2) is 23.8 Å². The summed E-state index contributed by atoms with van der Waals surface area (Å²) in [6.45, 7) is 2.81. The number of nitrogens with zero attached hydrogens (tertiary/aromatic N) is 1. The number of hydrogen-bond donors (Lipinski definition) is 0. The van der Waals surface area contributed by atoms with Crippen LogP contribution in [0.3, 0.4) is 0 Å². The Morgan fingerprint density at radius 2 is 1.74 bits per heavy atom. The topological polar surface area (TPSA) is 20.3 Å². The lowest BCUT2D eigenvalue weighted by Gasteiger charge is -2.31. The van der Waals surface area contributed by atoms with E-state index in [0.717, 1.165) is 32.5 Å². The Bertz CT molecular complexity index is 678. The van der Waals surface area contributed by atoms with Crippen molar-refractivity contribution >= 4 is 28.4 Å². The second-order valence-electron chi connectivity index (χ2n) is 6.01. The zero-order chi connectivity index (χ0) is 16.2. The number of carbonyl (C=O) groups excluding carboxylic acids is 1. The lowest BCUT2D eigenvalue weighted by atomic mass is 9.89. The molecular formula is C19H19FINO. The Kier molecular flexibility index (Phi) is 5.43. The molecule has 0 unspecified atom stereocenters. The van der Waals surface area contributed by atoms with E-state index in [0.29, 0.717) is 5.56 Å². The summed E-state index contributed by atoms with van der Waals surface area (Å²) in [5.74, 6) is -0.0840. The Morgan fingerprint density at radius 1 is 1.09 bits per heavy atom. The van der Waals surface area contributed by atoms with E-state index >= 15 is 0 Å². The van der Waals surface area contributed by atoms with Crippen LogP contribution in [0.2, 0.25) is 0 Å². The van der Waals surface area contributed by atoms with Crippen molar-refractivity contribution in [2.24, 2.45) is 5.92 Å². The predicted molar refractivity (Wildman–Crippen MR) is 97.9 cm³/mol. The summed E-state index contributed by atoms with van der Waals surface area (Å²) >= 11 is 2.37. The molecule has 0 amide bonds. The number of halogens is 2. The highest BCUT2D eigenvalue weighted by Gasteiger charge is 2.26. The normalized spacial score (nSPS) is 16.4. The molecule has 0 radical (unpaired) electrons. The lowest BCUT2D eigenvalue weighted by Crippen LogP contribution is -2.36. The zero-order valence-corrected chi connectivity index (χ0v) is 15.0. The van der Waals surface area contributed by atoms with E-state index in [-0.39, 0.29) is 17.5 Å². The van der Waals surface area contributed by atoms with Crippen LogP contribution in [0, 0.1) is 15.3 Å². The zero-order valence-electron chi connectivity index (χ0n) is 12.8. The van der Waals surface area contributed by atoms with Gasteiger partial charge in [-0.1, -0.05) is 18.2 Å². The van der Waals surface area contributed by atoms with Crippen LogP contribution in [0.25, 0.3) is 0 Å². The first-order chi connectivity index (χ1) is 11.1. The molecule has 0 N–H and O–H groups in total. The molecule has 1 saturated heterocycles. The van der Waals surface area contributed by atoms with Gasteiger partial charge in [-0.2, -0.15) is 0 Å². The predicted octanol–water partition coefficient (Wildman–Crippen LogP) is 4.53. The summed E-state index contributed by atoms with van der Waals surface area (Å²) in [5.41, 5.74) is 1.97. The van der Waals surface area contributed by atoms with E-state index in [1.54, 1.807) is 12.1 Å². The van der Waals surface area contributed by atoms with Crippen molar-refractivity contribution in [3.8, 4) is 0 Å². The number of hydrogen-bond acceptors (Lipinski definition) is 2. The number of benzene rings is 2. The summed E-state index contributed by atoms with van der Waals surface area (Å²) in [5, 5.41) is 0. The molecule has 120 valence electrons. The van der Waals surface area contributed by atoms with Crippen molar-refractivity contribution in [2.75, 3.05) is 13.1 Å². The quantitative estimate of drug-likeness (QED) is 0.532. The molecule has 1 heterocycles. The fourth-order valence-electron chi connectivity index (χ4n) is 3.07. The summed E-state index contributed by atoms with van der Waals surface area (Å²) < 4.78 is 14.3. The van der Waals surface area contributed by atoms with Gasteiger partial charge in [0, 0.05) is 21.6 Å². The van der Waals surface area contributed by atoms with E-state index in [2.05, 4.69) is 51.8 Å². The number of piperidine rings is 1. The molecule has 0 spiro atoms. The van der Waals surface area contributed by atoms with Crippen molar-refractivity contribution in [3.63, 3.8) is 0 Å². The van der Waals surface area contributed by atoms with E-state index in [1.807, 2.05) is 0 Å². The minimum absolute atomic E-state index is 0.0616. The highest BCUT2D eigenvalue weighted by atomic mass is 127. The van der Waals surface area contributed by atoms with Gasteiger partial charge in [0.15, 0.2) is 5.78 Å².